The van der Waals surface area contributed by atoms with Gasteiger partial charge in [0.25, 0.3) is 5.91 Å². The quantitative estimate of drug-likeness (QED) is 0.0260. The van der Waals surface area contributed by atoms with Crippen molar-refractivity contribution in [1.29, 1.82) is 0 Å². The van der Waals surface area contributed by atoms with E-state index in [1.54, 1.807) is 58.9 Å². The van der Waals surface area contributed by atoms with Gasteiger partial charge in [0.1, 0.15) is 23.4 Å². The van der Waals surface area contributed by atoms with Gasteiger partial charge < -0.3 is 75.3 Å². The number of anilines is 1. The first-order valence-electron chi connectivity index (χ1n) is 30.0. The van der Waals surface area contributed by atoms with Gasteiger partial charge >= 0.3 is 17.9 Å². The number of carbonyl (C=O) groups excluding carboxylic acids is 4. The minimum Gasteiger partial charge on any atom is -0.494 e. The number of nitrogens with zero attached hydrogens (tertiary/aromatic N) is 6. The highest BCUT2D eigenvalue weighted by atomic mass is 32.2. The predicted molar refractivity (Wildman–Crippen MR) is 332 cm³/mol. The Morgan fingerprint density at radius 2 is 1.28 bits per heavy atom. The number of aromatic amines is 1. The molecule has 0 spiro atoms. The van der Waals surface area contributed by atoms with E-state index in [4.69, 9.17) is 18.9 Å². The van der Waals surface area contributed by atoms with Crippen LogP contribution in [0.3, 0.4) is 0 Å². The zero-order valence-corrected chi connectivity index (χ0v) is 52.8. The number of rotatable bonds is 38. The van der Waals surface area contributed by atoms with E-state index in [0.29, 0.717) is 155 Å². The summed E-state index contributed by atoms with van der Waals surface area (Å²) in [6.45, 7) is 11.1. The van der Waals surface area contributed by atoms with Gasteiger partial charge in [-0.2, -0.15) is 4.72 Å². The lowest BCUT2D eigenvalue weighted by Crippen LogP contribution is -2.51. The smallest absolute Gasteiger partial charge is 0.323 e. The van der Waals surface area contributed by atoms with E-state index < -0.39 is 57.9 Å². The molecule has 3 heterocycles. The number of sulfonamides is 1. The Labute approximate surface area is 523 Å². The van der Waals surface area contributed by atoms with Crippen LogP contribution in [-0.2, 0) is 66.6 Å². The first-order chi connectivity index (χ1) is 43.0. The third-order valence-corrected chi connectivity index (χ3v) is 16.3. The fraction of sp³-hybridized carbons (Fsp3) is 0.576. The Morgan fingerprint density at radius 1 is 0.700 bits per heavy atom. The Balaban J connectivity index is 0.882. The van der Waals surface area contributed by atoms with Gasteiger partial charge in [-0.3, -0.25) is 53.1 Å². The lowest BCUT2D eigenvalue weighted by atomic mass is 10.1. The highest BCUT2D eigenvalue weighted by Crippen LogP contribution is 2.26. The van der Waals surface area contributed by atoms with Crippen LogP contribution < -0.4 is 41.5 Å². The van der Waals surface area contributed by atoms with Gasteiger partial charge in [0.05, 0.1) is 63.1 Å². The highest BCUT2D eigenvalue weighted by molar-refractivity contribution is 7.89. The van der Waals surface area contributed by atoms with Gasteiger partial charge in [0, 0.05) is 129 Å². The van der Waals surface area contributed by atoms with Crippen LogP contribution in [0.5, 0.6) is 5.75 Å². The van der Waals surface area contributed by atoms with Crippen LogP contribution in [0.15, 0.2) is 58.6 Å². The van der Waals surface area contributed by atoms with Crippen LogP contribution in [0.1, 0.15) is 66.1 Å². The maximum atomic E-state index is 13.6. The number of likely N-dealkylation sites (N-methyl/N-ethyl adjacent to an activating group) is 1. The van der Waals surface area contributed by atoms with Crippen molar-refractivity contribution < 1.29 is 76.2 Å². The number of aryl methyl sites for hydroxylation is 3. The van der Waals surface area contributed by atoms with Crippen LogP contribution >= 0.6 is 0 Å². The number of carboxylic acids is 3. The zero-order valence-electron chi connectivity index (χ0n) is 52.0. The third-order valence-electron chi connectivity index (χ3n) is 14.5. The lowest BCUT2D eigenvalue weighted by Gasteiger charge is -2.32. The predicted octanol–water partition coefficient (Wildman–Crippen LogP) is -0.211. The van der Waals surface area contributed by atoms with Crippen LogP contribution in [0.2, 0.25) is 0 Å². The van der Waals surface area contributed by atoms with Crippen LogP contribution in [-0.4, -0.2) is 256 Å². The molecule has 2 aromatic heterocycles. The molecule has 2 aromatic carbocycles. The highest BCUT2D eigenvalue weighted by Gasteiger charge is 2.30. The number of aromatic nitrogens is 3. The number of pyridine rings is 1. The number of H-pyrrole nitrogens is 1. The molecule has 0 bridgehead atoms. The van der Waals surface area contributed by atoms with Gasteiger partial charge in [-0.25, -0.2) is 13.4 Å². The van der Waals surface area contributed by atoms with Crippen molar-refractivity contribution in [2.45, 2.75) is 76.4 Å². The SMILES string of the molecule is CC[C@@H](NC(=O)CN1CCN(C)CCN(CC(=O)O)CCN(CC(=O)O)CC1)C(=O)NCCCOCCOCCOCCCNC(=O)CCCOc1cc(C)c(S(=O)(=O)NC(CNC(=O)c2cn(C)c3cc(CNc4ncc[nH]4)ccc3c2=O)C(=O)O)c(C)c1. The molecule has 2 atom stereocenters. The number of hydrogen-bond acceptors (Lipinski definition) is 20. The van der Waals surface area contributed by atoms with Crippen LogP contribution in [0, 0.1) is 13.8 Å². The van der Waals surface area contributed by atoms with E-state index in [1.807, 2.05) is 11.9 Å². The molecule has 0 saturated carbocycles. The fourth-order valence-electron chi connectivity index (χ4n) is 9.73. The van der Waals surface area contributed by atoms with E-state index in [2.05, 4.69) is 46.2 Å². The van der Waals surface area contributed by atoms with Crippen LogP contribution in [0.4, 0.5) is 5.95 Å². The number of ether oxygens (including phenoxy) is 4. The number of nitrogens with one attached hydrogen (secondary N) is 7. The third kappa shape index (κ3) is 25.7. The molecule has 5 rings (SSSR count). The zero-order chi connectivity index (χ0) is 65.6. The van der Waals surface area contributed by atoms with Crippen LogP contribution in [0.25, 0.3) is 10.9 Å². The van der Waals surface area contributed by atoms with E-state index >= 15 is 0 Å². The number of aliphatic carboxylic acids is 3. The van der Waals surface area contributed by atoms with Crippen molar-refractivity contribution in [2.24, 2.45) is 7.05 Å². The molecular formula is C59H89N13O17S. The van der Waals surface area contributed by atoms with E-state index in [-0.39, 0.29) is 77.4 Å². The Hall–Kier alpha value is -7.62. The van der Waals surface area contributed by atoms with E-state index in [1.165, 1.54) is 32.2 Å². The number of carboxylic acid groups (broad SMARTS) is 3. The normalized spacial score (nSPS) is 14.8. The number of imidazole rings is 1. The number of fused-ring (bicyclic) bond motifs is 1. The summed E-state index contributed by atoms with van der Waals surface area (Å²) in [4.78, 5) is 115. The molecule has 1 unspecified atom stereocenters. The van der Waals surface area contributed by atoms with Crippen molar-refractivity contribution in [1.82, 2.24) is 60.1 Å². The summed E-state index contributed by atoms with van der Waals surface area (Å²) in [5.74, 6) is -4.28. The Morgan fingerprint density at radius 3 is 1.84 bits per heavy atom. The van der Waals surface area contributed by atoms with Gasteiger partial charge in [0.2, 0.25) is 33.2 Å². The lowest BCUT2D eigenvalue weighted by molar-refractivity contribution is -0.140. The topological polar surface area (TPSA) is 387 Å². The summed E-state index contributed by atoms with van der Waals surface area (Å²) in [7, 11) is -0.877. The number of hydrogen-bond donors (Lipinski definition) is 10. The molecule has 30 nitrogen and oxygen atoms in total. The average molecular weight is 1280 g/mol. The van der Waals surface area contributed by atoms with Crippen molar-refractivity contribution in [3.05, 3.63) is 81.4 Å². The summed E-state index contributed by atoms with van der Waals surface area (Å²) >= 11 is 0. The fourth-order valence-corrected chi connectivity index (χ4v) is 11.4. The molecule has 0 aliphatic carbocycles. The van der Waals surface area contributed by atoms with Crippen molar-refractivity contribution in [3.63, 3.8) is 0 Å². The summed E-state index contributed by atoms with van der Waals surface area (Å²) < 4.78 is 53.7. The summed E-state index contributed by atoms with van der Waals surface area (Å²) in [6, 6.07) is 5.58. The molecular weight excluding hydrogens is 1190 g/mol. The molecule has 1 saturated heterocycles. The second kappa shape index (κ2) is 38.2. The average Bonchev–Trinajstić information content (AvgIpc) is 1.00. The molecule has 31 heteroatoms. The van der Waals surface area contributed by atoms with E-state index in [0.717, 1.165) is 5.56 Å². The molecule has 90 heavy (non-hydrogen) atoms. The first kappa shape index (κ1) is 73.1. The first-order valence-corrected chi connectivity index (χ1v) is 31.5. The minimum absolute atomic E-state index is 0.0198. The molecule has 4 amide bonds. The number of benzene rings is 2. The summed E-state index contributed by atoms with van der Waals surface area (Å²) in [5.41, 5.74) is 1.09. The van der Waals surface area contributed by atoms with E-state index in [9.17, 15) is 62.1 Å². The number of amides is 4. The van der Waals surface area contributed by atoms with Gasteiger partial charge in [-0.15, -0.1) is 0 Å². The summed E-state index contributed by atoms with van der Waals surface area (Å²) in [6.07, 6.45) is 6.66. The molecule has 1 aliphatic heterocycles. The van der Waals surface area contributed by atoms with Crippen molar-refractivity contribution in [2.75, 3.05) is 150 Å². The molecule has 0 radical (unpaired) electrons. The molecule has 498 valence electrons. The van der Waals surface area contributed by atoms with Crippen molar-refractivity contribution in [3.8, 4) is 5.75 Å². The monoisotopic (exact) mass is 1280 g/mol. The number of carbonyl (C=O) groups is 7. The van der Waals surface area contributed by atoms with Gasteiger partial charge in [0.15, 0.2) is 5.95 Å². The van der Waals surface area contributed by atoms with Crippen molar-refractivity contribution >= 4 is 68.4 Å². The standard InChI is InChI=1S/C59H89N13O17S/c1-6-47(66-51(74)38-70-19-17-68(4)18-20-71(39-52(75)76)23-24-72(22-21-70)40-53(77)78)57(81)61-14-9-26-87-29-31-88-30-28-86-25-8-13-60-50(73)10-7-27-89-44-32-41(2)55(42(3)33-44)90(84,85)67-48(58(82)83)36-64-56(80)46-37-69(5)49-34-43(11-12-45(49)54(46)79)35-65-59-62-15-16-63-59/h11-12,15-16,32-34,37,47-48,67H,6-10,13-14,17-31,35-36,38-40H2,1-5H3,(H,60,73)(H,61,81)(H,64,80)(H,66,74)(H,75,76)(H,77,78)(H,82,83)(H2,62,63,65)/t47-,48?/m1/s1. The Kier molecular flexibility index (Phi) is 31.0. The maximum absolute atomic E-state index is 13.6. The molecule has 1 aliphatic rings. The van der Waals surface area contributed by atoms with Gasteiger partial charge in [-0.05, 0) is 87.5 Å². The molecule has 4 aromatic rings. The summed E-state index contributed by atoms with van der Waals surface area (Å²) in [5, 5.41) is 43.1. The largest absolute Gasteiger partial charge is 0.494 e. The Bertz CT molecular complexity index is 3150. The molecule has 10 N–H and O–H groups in total. The van der Waals surface area contributed by atoms with Gasteiger partial charge in [-0.1, -0.05) is 13.0 Å². The maximum Gasteiger partial charge on any atom is 0.323 e. The molecule has 1 fully saturated rings. The minimum atomic E-state index is -4.46. The second-order valence-corrected chi connectivity index (χ2v) is 23.5. The second-order valence-electron chi connectivity index (χ2n) is 21.8.